The second-order valence-corrected chi connectivity index (χ2v) is 25.9. The molecule has 8 nitrogen and oxygen atoms in total. The molecule has 0 radical (unpaired) electrons. The molecule has 0 spiro atoms. The van der Waals surface area contributed by atoms with Gasteiger partial charge in [0.25, 0.3) is 6.71 Å². The molecule has 0 amide bonds. The van der Waals surface area contributed by atoms with E-state index in [9.17, 15) is 0 Å². The van der Waals surface area contributed by atoms with Crippen LogP contribution in [0.5, 0.6) is 0 Å². The third-order valence-corrected chi connectivity index (χ3v) is 20.1. The van der Waals surface area contributed by atoms with Gasteiger partial charge in [-0.2, -0.15) is 0 Å². The van der Waals surface area contributed by atoms with Gasteiger partial charge in [0.15, 0.2) is 23.3 Å². The molecule has 454 valence electrons. The van der Waals surface area contributed by atoms with Gasteiger partial charge >= 0.3 is 0 Å². The van der Waals surface area contributed by atoms with E-state index >= 15 is 0 Å². The van der Waals surface area contributed by atoms with Crippen LogP contribution in [-0.4, -0.2) is 36.2 Å². The van der Waals surface area contributed by atoms with Gasteiger partial charge in [-0.3, -0.25) is 0 Å². The van der Waals surface area contributed by atoms with E-state index in [1.54, 1.807) is 0 Å². The molecule has 0 bridgehead atoms. The van der Waals surface area contributed by atoms with Gasteiger partial charge in [-0.1, -0.05) is 257 Å². The Morgan fingerprint density at radius 2 is 0.784 bits per heavy atom. The molecular weight excluding hydrogens is 1180 g/mol. The summed E-state index contributed by atoms with van der Waals surface area (Å²) in [6, 6.07) is 115. The summed E-state index contributed by atoms with van der Waals surface area (Å²) < 4.78 is 2.43. The van der Waals surface area contributed by atoms with Crippen molar-refractivity contribution in [2.24, 2.45) is 0 Å². The van der Waals surface area contributed by atoms with E-state index in [0.29, 0.717) is 23.3 Å². The summed E-state index contributed by atoms with van der Waals surface area (Å²) in [6.07, 6.45) is 0. The quantitative estimate of drug-likeness (QED) is 0.126. The molecule has 0 saturated heterocycles. The average molecular weight is 1240 g/mol. The number of hydrogen-bond acceptors (Lipinski definition) is 7. The molecule has 9 heteroatoms. The van der Waals surface area contributed by atoms with E-state index in [4.69, 9.17) is 24.9 Å². The Hall–Kier alpha value is -12.6. The fraction of sp³-hybridized carbons (Fsp3) is 0.0341. The molecular formula is C88H59BN8. The van der Waals surface area contributed by atoms with Crippen LogP contribution >= 0.6 is 0 Å². The van der Waals surface area contributed by atoms with Gasteiger partial charge in [-0.15, -0.1) is 0 Å². The number of para-hydroxylation sites is 5. The van der Waals surface area contributed by atoms with Crippen molar-refractivity contribution in [3.63, 3.8) is 0 Å². The summed E-state index contributed by atoms with van der Waals surface area (Å²) in [7, 11) is 0. The maximum atomic E-state index is 5.67. The lowest BCUT2D eigenvalue weighted by Crippen LogP contribution is -2.61. The summed E-state index contributed by atoms with van der Waals surface area (Å²) in [4.78, 5) is 32.2. The lowest BCUT2D eigenvalue weighted by molar-refractivity contribution is 0.661. The summed E-state index contributed by atoms with van der Waals surface area (Å²) in [5.74, 6) is 2.27. The first-order chi connectivity index (χ1) is 47.9. The van der Waals surface area contributed by atoms with Crippen LogP contribution in [0.2, 0.25) is 0 Å². The van der Waals surface area contributed by atoms with Crippen LogP contribution in [0.3, 0.4) is 0 Å². The molecule has 3 aliphatic rings. The molecule has 3 aromatic heterocycles. The van der Waals surface area contributed by atoms with Crippen molar-refractivity contribution in [1.29, 1.82) is 0 Å². The average Bonchev–Trinajstić information content (AvgIpc) is 1.52. The van der Waals surface area contributed by atoms with E-state index in [1.165, 1.54) is 49.7 Å². The van der Waals surface area contributed by atoms with Crippen molar-refractivity contribution in [2.45, 2.75) is 19.3 Å². The van der Waals surface area contributed by atoms with E-state index in [-0.39, 0.29) is 12.1 Å². The zero-order chi connectivity index (χ0) is 64.3. The number of rotatable bonds is 10. The first-order valence-electron chi connectivity index (χ1n) is 33.2. The fourth-order valence-corrected chi connectivity index (χ4v) is 15.6. The highest BCUT2D eigenvalue weighted by Crippen LogP contribution is 2.53. The third-order valence-electron chi connectivity index (χ3n) is 20.1. The Kier molecular flexibility index (Phi) is 12.9. The molecule has 5 heterocycles. The number of fused-ring (bicyclic) bond motifs is 10. The van der Waals surface area contributed by atoms with Gasteiger partial charge in [0, 0.05) is 83.6 Å². The highest BCUT2D eigenvalue weighted by Gasteiger charge is 2.44. The summed E-state index contributed by atoms with van der Waals surface area (Å²) >= 11 is 0. The first kappa shape index (κ1) is 56.0. The highest BCUT2D eigenvalue weighted by atomic mass is 15.2. The van der Waals surface area contributed by atoms with Gasteiger partial charge in [0.2, 0.25) is 0 Å². The van der Waals surface area contributed by atoms with Crippen LogP contribution in [-0.2, 0) is 5.41 Å². The summed E-state index contributed by atoms with van der Waals surface area (Å²) in [6.45, 7) is 4.68. The second-order valence-electron chi connectivity index (χ2n) is 25.9. The molecule has 16 aromatic rings. The number of anilines is 6. The Balaban J connectivity index is 0.826. The largest absolute Gasteiger partial charge is 0.311 e. The lowest BCUT2D eigenvalue weighted by Gasteiger charge is -2.45. The van der Waals surface area contributed by atoms with Gasteiger partial charge in [0.05, 0.1) is 33.8 Å². The number of hydrogen-bond donors (Lipinski definition) is 0. The maximum absolute atomic E-state index is 5.67. The monoisotopic (exact) mass is 1240 g/mol. The van der Waals surface area contributed by atoms with Crippen molar-refractivity contribution in [3.8, 4) is 96.0 Å². The topological polar surface area (TPSA) is 75.9 Å². The Morgan fingerprint density at radius 1 is 0.289 bits per heavy atom. The Morgan fingerprint density at radius 3 is 1.45 bits per heavy atom. The van der Waals surface area contributed by atoms with E-state index in [2.05, 4.69) is 307 Å². The molecule has 0 saturated carbocycles. The normalized spacial score (nSPS) is 13.1. The number of nitrogens with zero attached hydrogens (tertiary/aromatic N) is 8. The maximum Gasteiger partial charge on any atom is 0.252 e. The predicted molar refractivity (Wildman–Crippen MR) is 399 cm³/mol. The number of benzene rings is 13. The van der Waals surface area contributed by atoms with Crippen LogP contribution in [0.25, 0.3) is 118 Å². The zero-order valence-corrected chi connectivity index (χ0v) is 53.3. The zero-order valence-electron chi connectivity index (χ0n) is 53.3. The second kappa shape index (κ2) is 22.3. The summed E-state index contributed by atoms with van der Waals surface area (Å²) in [5, 5.41) is 2.33. The minimum absolute atomic E-state index is 0.0292. The van der Waals surface area contributed by atoms with Crippen molar-refractivity contribution < 1.29 is 0 Å². The van der Waals surface area contributed by atoms with Crippen molar-refractivity contribution in [1.82, 2.24) is 29.5 Å². The van der Waals surface area contributed by atoms with Crippen LogP contribution in [0.1, 0.15) is 25.0 Å². The minimum atomic E-state index is -0.237. The molecule has 97 heavy (non-hydrogen) atoms. The standard InChI is InChI=1S/C88H59BN8/c1-88(2)70-38-20-18-36-65(70)67-53-68-66-37-19-23-41-76(66)97(81(68)54-71(67)88)77-50-48-61(75-55-74(57-26-8-3-9-27-57)90-84(91-75)58-28-10-4-11-29-58)52-69(77)87-93-85(59-30-12-5-13-31-59)92-86(94-87)60-46-44-56(45-47-60)64-49-51-80-82-83(64)96(63-34-16-7-17-35-63)79-43-25-22-40-73(79)89(82)72-39-21-24-42-78(72)95(80)62-32-14-6-15-33-62/h3-55H,1-2H3. The van der Waals surface area contributed by atoms with E-state index in [1.807, 2.05) is 42.5 Å². The first-order valence-corrected chi connectivity index (χ1v) is 33.2. The molecule has 0 N–H and O–H groups in total. The molecule has 13 aromatic carbocycles. The van der Waals surface area contributed by atoms with Crippen LogP contribution in [0.15, 0.2) is 322 Å². The van der Waals surface area contributed by atoms with Gasteiger partial charge < -0.3 is 14.4 Å². The molecule has 0 unspecified atom stereocenters. The van der Waals surface area contributed by atoms with Crippen molar-refractivity contribution in [3.05, 3.63) is 333 Å². The molecule has 0 fully saturated rings. The van der Waals surface area contributed by atoms with Crippen molar-refractivity contribution in [2.75, 3.05) is 9.80 Å². The molecule has 1 aliphatic carbocycles. The third kappa shape index (κ3) is 9.03. The molecule has 2 aliphatic heterocycles. The van der Waals surface area contributed by atoms with E-state index in [0.717, 1.165) is 106 Å². The van der Waals surface area contributed by atoms with Crippen LogP contribution in [0.4, 0.5) is 34.1 Å². The molecule has 0 atom stereocenters. The van der Waals surface area contributed by atoms with E-state index < -0.39 is 0 Å². The Bertz CT molecular complexity index is 5730. The SMILES string of the molecule is CC1(C)c2ccccc2-c2cc3c4ccccc4n(-c4ccc(-c5cc(-c6ccccc6)nc(-c6ccccc6)n5)cc4-c4nc(-c5ccccc5)nc(-c5ccc(-c6ccc7c8c6N(c6ccccc6)c6ccccc6B8c6ccccc6N7c6ccccc6)cc5)n4)c3cc21. The lowest BCUT2D eigenvalue weighted by atomic mass is 9.33. The minimum Gasteiger partial charge on any atom is -0.311 e. The van der Waals surface area contributed by atoms with Crippen molar-refractivity contribution >= 4 is 79.0 Å². The fourth-order valence-electron chi connectivity index (χ4n) is 15.6. The molecule has 19 rings (SSSR count). The summed E-state index contributed by atoms with van der Waals surface area (Å²) in [5.41, 5.74) is 27.8. The Labute approximate surface area is 562 Å². The number of aromatic nitrogens is 6. The highest BCUT2D eigenvalue weighted by molar-refractivity contribution is 7.00. The van der Waals surface area contributed by atoms with Gasteiger partial charge in [-0.05, 0) is 123 Å². The van der Waals surface area contributed by atoms with Gasteiger partial charge in [-0.25, -0.2) is 24.9 Å². The van der Waals surface area contributed by atoms with Gasteiger partial charge in [0.1, 0.15) is 0 Å². The van der Waals surface area contributed by atoms with Crippen LogP contribution in [0, 0.1) is 0 Å². The van der Waals surface area contributed by atoms with Crippen LogP contribution < -0.4 is 26.2 Å². The predicted octanol–water partition coefficient (Wildman–Crippen LogP) is 19.8. The smallest absolute Gasteiger partial charge is 0.252 e.